The van der Waals surface area contributed by atoms with Crippen molar-refractivity contribution < 1.29 is 9.18 Å². The average molecular weight is 350 g/mol. The summed E-state index contributed by atoms with van der Waals surface area (Å²) in [6.07, 6.45) is 2.76. The maximum Gasteiger partial charge on any atom is 0.271 e. The number of benzene rings is 2. The van der Waals surface area contributed by atoms with Crippen LogP contribution < -0.4 is 5.43 Å². The molecule has 3 aromatic rings. The van der Waals surface area contributed by atoms with E-state index in [1.807, 2.05) is 18.2 Å². The molecule has 0 aliphatic carbocycles. The molecule has 4 rings (SSSR count). The second kappa shape index (κ2) is 7.09. The highest BCUT2D eigenvalue weighted by Crippen LogP contribution is 2.22. The molecule has 0 saturated heterocycles. The molecule has 0 atom stereocenters. The van der Waals surface area contributed by atoms with Crippen LogP contribution in [-0.4, -0.2) is 27.2 Å². The Bertz CT molecular complexity index is 923. The quantitative estimate of drug-likeness (QED) is 0.770. The molecule has 132 valence electrons. The number of fused-ring (bicyclic) bond motifs is 1. The van der Waals surface area contributed by atoms with Gasteiger partial charge in [-0.25, -0.2) is 9.82 Å². The van der Waals surface area contributed by atoms with Gasteiger partial charge in [0.15, 0.2) is 0 Å². The number of carbonyl (C=O) groups excluding carboxylic acids is 1. The van der Waals surface area contributed by atoms with Gasteiger partial charge in [-0.2, -0.15) is 9.89 Å². The first-order chi connectivity index (χ1) is 12.7. The predicted octanol–water partition coefficient (Wildman–Crippen LogP) is 2.96. The van der Waals surface area contributed by atoms with Crippen molar-refractivity contribution in [3.63, 3.8) is 0 Å². The van der Waals surface area contributed by atoms with Crippen LogP contribution in [0.1, 0.15) is 27.2 Å². The number of amides is 1. The summed E-state index contributed by atoms with van der Waals surface area (Å²) in [6.45, 7) is 2.49. The number of rotatable bonds is 5. The van der Waals surface area contributed by atoms with Crippen molar-refractivity contribution in [2.75, 3.05) is 12.0 Å². The fraction of sp³-hybridized carbons (Fsp3) is 0.200. The molecule has 0 radical (unpaired) electrons. The molecule has 1 amide bonds. The number of nitrogens with zero attached hydrogens (tertiary/aromatic N) is 3. The van der Waals surface area contributed by atoms with Crippen molar-refractivity contribution in [3.8, 4) is 0 Å². The minimum atomic E-state index is -0.435. The van der Waals surface area contributed by atoms with E-state index in [0.29, 0.717) is 0 Å². The molecule has 2 aromatic carbocycles. The molecule has 1 aromatic heterocycles. The molecule has 0 saturated carbocycles. The van der Waals surface area contributed by atoms with Crippen LogP contribution in [0.15, 0.2) is 60.8 Å². The first kappa shape index (κ1) is 16.5. The highest BCUT2D eigenvalue weighted by atomic mass is 19.1. The molecule has 0 unspecified atom stereocenters. The number of carbonyl (C=O) groups is 1. The second-order valence-electron chi connectivity index (χ2n) is 6.43. The third-order valence-electron chi connectivity index (χ3n) is 4.58. The van der Waals surface area contributed by atoms with Gasteiger partial charge in [-0.1, -0.05) is 36.4 Å². The maximum atomic E-state index is 13.3. The zero-order valence-electron chi connectivity index (χ0n) is 14.2. The summed E-state index contributed by atoms with van der Waals surface area (Å²) in [5.41, 5.74) is 6.40. The minimum Gasteiger partial charge on any atom is -0.293 e. The van der Waals surface area contributed by atoms with Crippen molar-refractivity contribution in [1.29, 1.82) is 0 Å². The maximum absolute atomic E-state index is 13.3. The van der Waals surface area contributed by atoms with Crippen LogP contribution >= 0.6 is 0 Å². The van der Waals surface area contributed by atoms with Gasteiger partial charge in [0.2, 0.25) is 0 Å². The van der Waals surface area contributed by atoms with Gasteiger partial charge in [0, 0.05) is 30.8 Å². The number of hydrogen-bond donors (Lipinski definition) is 1. The molecule has 1 aliphatic rings. The second-order valence-corrected chi connectivity index (χ2v) is 6.43. The topological polar surface area (TPSA) is 50.2 Å². The first-order valence-corrected chi connectivity index (χ1v) is 8.58. The highest BCUT2D eigenvalue weighted by Gasteiger charge is 2.24. The van der Waals surface area contributed by atoms with Gasteiger partial charge in [0.25, 0.3) is 5.91 Å². The average Bonchev–Trinajstić information content (AvgIpc) is 3.22. The van der Waals surface area contributed by atoms with Gasteiger partial charge >= 0.3 is 0 Å². The molecule has 0 fully saturated rings. The van der Waals surface area contributed by atoms with E-state index in [2.05, 4.69) is 27.6 Å². The standard InChI is InChI=1S/C20H19FN4O/c21-18-8-4-7-16(11-18)20(26)23-25-19-14-24(13-17(19)12-22-25)10-9-15-5-2-1-3-6-15/h1-8,11-12H,9-10,13-14H2,(H,23,26). The van der Waals surface area contributed by atoms with Crippen LogP contribution in [0.4, 0.5) is 4.39 Å². The number of nitrogens with one attached hydrogen (secondary N) is 1. The molecule has 5 nitrogen and oxygen atoms in total. The fourth-order valence-corrected chi connectivity index (χ4v) is 3.19. The molecular formula is C20H19FN4O. The summed E-state index contributed by atoms with van der Waals surface area (Å²) < 4.78 is 13.3. The Labute approximate surface area is 151 Å². The Morgan fingerprint density at radius 1 is 1.12 bits per heavy atom. The Morgan fingerprint density at radius 3 is 2.77 bits per heavy atom. The van der Waals surface area contributed by atoms with Crippen LogP contribution in [0, 0.1) is 5.82 Å². The van der Waals surface area contributed by atoms with Gasteiger partial charge in [0.1, 0.15) is 5.82 Å². The van der Waals surface area contributed by atoms with E-state index in [1.165, 1.54) is 28.6 Å². The lowest BCUT2D eigenvalue weighted by molar-refractivity contribution is 0.100. The largest absolute Gasteiger partial charge is 0.293 e. The van der Waals surface area contributed by atoms with E-state index in [0.717, 1.165) is 37.3 Å². The van der Waals surface area contributed by atoms with Gasteiger partial charge in [-0.3, -0.25) is 9.69 Å². The summed E-state index contributed by atoms with van der Waals surface area (Å²) in [5, 5.41) is 4.24. The Hall–Kier alpha value is -2.99. The van der Waals surface area contributed by atoms with E-state index in [4.69, 9.17) is 0 Å². The molecule has 26 heavy (non-hydrogen) atoms. The van der Waals surface area contributed by atoms with Crippen LogP contribution in [0.25, 0.3) is 0 Å². The zero-order valence-corrected chi connectivity index (χ0v) is 14.2. The molecule has 1 N–H and O–H groups in total. The lowest BCUT2D eigenvalue weighted by Crippen LogP contribution is -2.27. The smallest absolute Gasteiger partial charge is 0.271 e. The van der Waals surface area contributed by atoms with E-state index in [1.54, 1.807) is 12.3 Å². The molecular weight excluding hydrogens is 331 g/mol. The third kappa shape index (κ3) is 3.50. The Balaban J connectivity index is 1.39. The van der Waals surface area contributed by atoms with Gasteiger partial charge in [-0.15, -0.1) is 0 Å². The van der Waals surface area contributed by atoms with Crippen molar-refractivity contribution >= 4 is 5.91 Å². The van der Waals surface area contributed by atoms with Crippen molar-refractivity contribution in [2.24, 2.45) is 0 Å². The monoisotopic (exact) mass is 350 g/mol. The summed E-state index contributed by atoms with van der Waals surface area (Å²) in [5.74, 6) is -0.812. The van der Waals surface area contributed by atoms with E-state index >= 15 is 0 Å². The lowest BCUT2D eigenvalue weighted by atomic mass is 10.1. The predicted molar refractivity (Wildman–Crippen MR) is 96.6 cm³/mol. The van der Waals surface area contributed by atoms with Crippen molar-refractivity contribution in [3.05, 3.63) is 89.0 Å². The molecule has 0 bridgehead atoms. The normalized spacial score (nSPS) is 13.6. The van der Waals surface area contributed by atoms with Gasteiger partial charge < -0.3 is 0 Å². The van der Waals surface area contributed by atoms with E-state index in [9.17, 15) is 9.18 Å². The summed E-state index contributed by atoms with van der Waals surface area (Å²) in [6, 6.07) is 16.0. The van der Waals surface area contributed by atoms with E-state index in [-0.39, 0.29) is 11.5 Å². The third-order valence-corrected chi connectivity index (χ3v) is 4.58. The number of hydrogen-bond acceptors (Lipinski definition) is 3. The minimum absolute atomic E-state index is 0.271. The van der Waals surface area contributed by atoms with Crippen molar-refractivity contribution in [1.82, 2.24) is 14.8 Å². The number of aromatic nitrogens is 2. The van der Waals surface area contributed by atoms with Gasteiger partial charge in [0.05, 0.1) is 11.9 Å². The van der Waals surface area contributed by atoms with E-state index < -0.39 is 5.82 Å². The van der Waals surface area contributed by atoms with Crippen molar-refractivity contribution in [2.45, 2.75) is 19.5 Å². The first-order valence-electron chi connectivity index (χ1n) is 8.58. The molecule has 1 aliphatic heterocycles. The molecule has 2 heterocycles. The number of halogens is 1. The van der Waals surface area contributed by atoms with Gasteiger partial charge in [-0.05, 0) is 30.2 Å². The molecule has 0 spiro atoms. The summed E-state index contributed by atoms with van der Waals surface area (Å²) in [4.78, 5) is 16.1. The van der Waals surface area contributed by atoms with Crippen LogP contribution in [0.3, 0.4) is 0 Å². The lowest BCUT2D eigenvalue weighted by Gasteiger charge is -2.15. The highest BCUT2D eigenvalue weighted by molar-refractivity contribution is 5.99. The Morgan fingerprint density at radius 2 is 1.96 bits per heavy atom. The van der Waals surface area contributed by atoms with Crippen LogP contribution in [-0.2, 0) is 19.5 Å². The molecule has 6 heteroatoms. The van der Waals surface area contributed by atoms with Crippen LogP contribution in [0.5, 0.6) is 0 Å². The fourth-order valence-electron chi connectivity index (χ4n) is 3.19. The summed E-state index contributed by atoms with van der Waals surface area (Å²) >= 11 is 0. The zero-order chi connectivity index (χ0) is 17.9. The Kier molecular flexibility index (Phi) is 4.50. The summed E-state index contributed by atoms with van der Waals surface area (Å²) in [7, 11) is 0. The van der Waals surface area contributed by atoms with Crippen LogP contribution in [0.2, 0.25) is 0 Å². The SMILES string of the molecule is O=C(Nn1ncc2c1CN(CCc1ccccc1)C2)c1cccc(F)c1.